The summed E-state index contributed by atoms with van der Waals surface area (Å²) in [6.07, 6.45) is 0. The quantitative estimate of drug-likeness (QED) is 0.343. The molecule has 0 amide bonds. The van der Waals surface area contributed by atoms with Crippen LogP contribution in [0.1, 0.15) is 0 Å². The molecule has 0 aliphatic heterocycles. The van der Waals surface area contributed by atoms with Gasteiger partial charge in [-0.1, -0.05) is 58.0 Å². The minimum absolute atomic E-state index is 0.0813. The molecule has 2 aromatic rings. The number of hydrogen-bond acceptors (Lipinski definition) is 1. The Morgan fingerprint density at radius 3 is 1.40 bits per heavy atom. The Morgan fingerprint density at radius 1 is 0.650 bits per heavy atom. The normalized spacial score (nSPS) is 10.9. The maximum absolute atomic E-state index is 14.0. The monoisotopic (exact) mass is 375 g/mol. The van der Waals surface area contributed by atoms with Gasteiger partial charge in [-0.2, -0.15) is 0 Å². The van der Waals surface area contributed by atoms with E-state index >= 15 is 0 Å². The van der Waals surface area contributed by atoms with E-state index in [0.29, 0.717) is 0 Å². The minimum Gasteiger partial charge on any atom is -0.399 e. The maximum atomic E-state index is 14.0. The lowest BCUT2D eigenvalue weighted by atomic mass is 10.0. The highest BCUT2D eigenvalue weighted by Crippen LogP contribution is 2.49. The Morgan fingerprint density at radius 2 is 1.00 bits per heavy atom. The molecule has 0 saturated heterocycles. The van der Waals surface area contributed by atoms with Crippen LogP contribution >= 0.6 is 58.0 Å². The molecule has 2 aromatic carbocycles. The lowest BCUT2D eigenvalue weighted by Gasteiger charge is -2.14. The van der Waals surface area contributed by atoms with E-state index in [1.165, 1.54) is 0 Å². The van der Waals surface area contributed by atoms with E-state index < -0.39 is 17.2 Å². The molecule has 0 spiro atoms. The number of rotatable bonds is 1. The lowest BCUT2D eigenvalue weighted by molar-refractivity contribution is 0.591. The molecular weight excluding hydrogens is 373 g/mol. The van der Waals surface area contributed by atoms with E-state index in [0.717, 1.165) is 12.1 Å². The Bertz CT molecular complexity index is 665. The minimum atomic E-state index is -0.944. The van der Waals surface area contributed by atoms with Crippen LogP contribution in [0.5, 0.6) is 0 Å². The van der Waals surface area contributed by atoms with E-state index in [1.54, 1.807) is 0 Å². The summed E-state index contributed by atoms with van der Waals surface area (Å²) in [7, 11) is 0. The van der Waals surface area contributed by atoms with Crippen LogP contribution in [0.3, 0.4) is 0 Å². The predicted molar refractivity (Wildman–Crippen MR) is 81.3 cm³/mol. The van der Waals surface area contributed by atoms with E-state index in [2.05, 4.69) is 0 Å². The van der Waals surface area contributed by atoms with Crippen molar-refractivity contribution in [3.63, 3.8) is 0 Å². The molecule has 8 heteroatoms. The summed E-state index contributed by atoms with van der Waals surface area (Å²) in [5.41, 5.74) is 4.61. The van der Waals surface area contributed by atoms with Crippen LogP contribution in [-0.2, 0) is 0 Å². The molecule has 0 radical (unpaired) electrons. The smallest absolute Gasteiger partial charge is 0.136 e. The van der Waals surface area contributed by atoms with Crippen LogP contribution in [0.25, 0.3) is 11.1 Å². The highest BCUT2D eigenvalue weighted by atomic mass is 35.5. The standard InChI is InChI=1S/C12H4Cl5F2N/c13-8-7(9(14)11(16)12(17)10(8)15)6-4(18)1-3(20)2-5(6)19/h1-2H,20H2. The molecule has 0 atom stereocenters. The highest BCUT2D eigenvalue weighted by molar-refractivity contribution is 6.56. The molecule has 2 rings (SSSR count). The van der Waals surface area contributed by atoms with Gasteiger partial charge in [-0.05, 0) is 12.1 Å². The number of nitrogens with two attached hydrogens (primary N) is 1. The molecule has 0 aliphatic rings. The number of halogens is 7. The van der Waals surface area contributed by atoms with Crippen molar-refractivity contribution in [1.82, 2.24) is 0 Å². The van der Waals surface area contributed by atoms with Gasteiger partial charge in [-0.3, -0.25) is 0 Å². The molecule has 106 valence electrons. The van der Waals surface area contributed by atoms with Crippen molar-refractivity contribution in [1.29, 1.82) is 0 Å². The van der Waals surface area contributed by atoms with Gasteiger partial charge in [0.15, 0.2) is 0 Å². The molecular formula is C12H4Cl5F2N. The van der Waals surface area contributed by atoms with Crippen LogP contribution in [0.15, 0.2) is 12.1 Å². The number of anilines is 1. The van der Waals surface area contributed by atoms with Crippen molar-refractivity contribution < 1.29 is 8.78 Å². The molecule has 0 bridgehead atoms. The third-order valence-corrected chi connectivity index (χ3v) is 4.80. The van der Waals surface area contributed by atoms with Gasteiger partial charge in [-0.15, -0.1) is 0 Å². The molecule has 0 saturated carbocycles. The average Bonchev–Trinajstić information content (AvgIpc) is 2.37. The highest BCUT2D eigenvalue weighted by Gasteiger charge is 2.25. The second-order valence-corrected chi connectivity index (χ2v) is 5.69. The molecule has 0 fully saturated rings. The zero-order valence-electron chi connectivity index (χ0n) is 9.38. The fraction of sp³-hybridized carbons (Fsp3) is 0. The number of nitrogen functional groups attached to an aromatic ring is 1. The molecule has 0 aromatic heterocycles. The second kappa shape index (κ2) is 5.74. The van der Waals surface area contributed by atoms with E-state index in [4.69, 9.17) is 63.7 Å². The first-order valence-corrected chi connectivity index (χ1v) is 6.91. The van der Waals surface area contributed by atoms with Gasteiger partial charge in [0.2, 0.25) is 0 Å². The zero-order valence-corrected chi connectivity index (χ0v) is 13.2. The second-order valence-electron chi connectivity index (χ2n) is 3.80. The fourth-order valence-electron chi connectivity index (χ4n) is 1.66. The van der Waals surface area contributed by atoms with E-state index in [9.17, 15) is 8.78 Å². The third-order valence-electron chi connectivity index (χ3n) is 2.52. The van der Waals surface area contributed by atoms with Crippen LogP contribution in [0, 0.1) is 11.6 Å². The first kappa shape index (κ1) is 15.9. The van der Waals surface area contributed by atoms with Crippen molar-refractivity contribution in [2.45, 2.75) is 0 Å². The van der Waals surface area contributed by atoms with Crippen molar-refractivity contribution in [3.05, 3.63) is 48.9 Å². The number of benzene rings is 2. The summed E-state index contributed by atoms with van der Waals surface area (Å²) in [6.45, 7) is 0. The molecule has 0 heterocycles. The largest absolute Gasteiger partial charge is 0.399 e. The van der Waals surface area contributed by atoms with E-state index in [1.807, 2.05) is 0 Å². The lowest BCUT2D eigenvalue weighted by Crippen LogP contribution is -1.97. The molecule has 2 N–H and O–H groups in total. The summed E-state index contributed by atoms with van der Waals surface area (Å²) >= 11 is 29.5. The summed E-state index contributed by atoms with van der Waals surface area (Å²) in [5, 5.41) is -0.785. The zero-order chi connectivity index (χ0) is 15.2. The van der Waals surface area contributed by atoms with Crippen molar-refractivity contribution in [3.8, 4) is 11.1 Å². The van der Waals surface area contributed by atoms with Gasteiger partial charge in [-0.25, -0.2) is 8.78 Å². The third kappa shape index (κ3) is 2.53. The van der Waals surface area contributed by atoms with Gasteiger partial charge in [0.25, 0.3) is 0 Å². The number of hydrogen-bond donors (Lipinski definition) is 1. The summed E-state index contributed by atoms with van der Waals surface area (Å²) in [4.78, 5) is 0. The van der Waals surface area contributed by atoms with Gasteiger partial charge >= 0.3 is 0 Å². The summed E-state index contributed by atoms with van der Waals surface area (Å²) in [6, 6.07) is 1.86. The van der Waals surface area contributed by atoms with Crippen LogP contribution in [0.2, 0.25) is 25.1 Å². The van der Waals surface area contributed by atoms with Crippen molar-refractivity contribution >= 4 is 63.7 Å². The Labute approximate surface area is 138 Å². The maximum Gasteiger partial charge on any atom is 0.136 e. The van der Waals surface area contributed by atoms with Crippen molar-refractivity contribution in [2.24, 2.45) is 0 Å². The summed E-state index contributed by atoms with van der Waals surface area (Å²) < 4.78 is 27.9. The molecule has 0 aliphatic carbocycles. The van der Waals surface area contributed by atoms with Crippen LogP contribution in [-0.4, -0.2) is 0 Å². The average molecular weight is 377 g/mol. The van der Waals surface area contributed by atoms with Crippen molar-refractivity contribution in [2.75, 3.05) is 5.73 Å². The molecule has 20 heavy (non-hydrogen) atoms. The Balaban J connectivity index is 2.91. The fourth-order valence-corrected chi connectivity index (χ4v) is 2.98. The van der Waals surface area contributed by atoms with Crippen LogP contribution in [0.4, 0.5) is 14.5 Å². The van der Waals surface area contributed by atoms with E-state index in [-0.39, 0.29) is 36.4 Å². The predicted octanol–water partition coefficient (Wildman–Crippen LogP) is 6.48. The van der Waals surface area contributed by atoms with Gasteiger partial charge in [0.05, 0.1) is 30.7 Å². The SMILES string of the molecule is Nc1cc(F)c(-c2c(Cl)c(Cl)c(Cl)c(Cl)c2Cl)c(F)c1. The molecule has 0 unspecified atom stereocenters. The summed E-state index contributed by atoms with van der Waals surface area (Å²) in [5.74, 6) is -1.89. The Kier molecular flexibility index (Phi) is 4.57. The first-order chi connectivity index (χ1) is 9.25. The molecule has 1 nitrogen and oxygen atoms in total. The van der Waals surface area contributed by atoms with Crippen LogP contribution < -0.4 is 5.73 Å². The van der Waals surface area contributed by atoms with Gasteiger partial charge in [0.1, 0.15) is 11.6 Å². The first-order valence-electron chi connectivity index (χ1n) is 5.02. The topological polar surface area (TPSA) is 26.0 Å². The van der Waals surface area contributed by atoms with Gasteiger partial charge in [0, 0.05) is 11.3 Å². The van der Waals surface area contributed by atoms with Gasteiger partial charge < -0.3 is 5.73 Å². The Hall–Kier alpha value is -0.450.